The molecule has 3 unspecified atom stereocenters. The van der Waals surface area contributed by atoms with Crippen molar-refractivity contribution < 1.29 is 4.79 Å². The van der Waals surface area contributed by atoms with Crippen LogP contribution < -0.4 is 5.32 Å². The van der Waals surface area contributed by atoms with Gasteiger partial charge in [0.25, 0.3) is 0 Å². The topological polar surface area (TPSA) is 29.1 Å². The zero-order chi connectivity index (χ0) is 10.8. The minimum atomic E-state index is 0.236. The SMILES string of the molecule is CC(C(=O)NCC1CCCC1Br)C1CC1. The predicted molar refractivity (Wildman–Crippen MR) is 65.0 cm³/mol. The minimum absolute atomic E-state index is 0.236. The standard InChI is InChI=1S/C12H20BrNO/c1-8(9-5-6-9)12(15)14-7-10-3-2-4-11(10)13/h8-11H,2-7H2,1H3,(H,14,15). The van der Waals surface area contributed by atoms with E-state index in [0.29, 0.717) is 16.7 Å². The molecule has 2 fully saturated rings. The van der Waals surface area contributed by atoms with Crippen molar-refractivity contribution in [3.63, 3.8) is 0 Å². The smallest absolute Gasteiger partial charge is 0.223 e. The van der Waals surface area contributed by atoms with Crippen LogP contribution in [0.5, 0.6) is 0 Å². The fraction of sp³-hybridized carbons (Fsp3) is 0.917. The number of halogens is 1. The molecule has 0 saturated heterocycles. The van der Waals surface area contributed by atoms with Crippen molar-refractivity contribution in [3.05, 3.63) is 0 Å². The van der Waals surface area contributed by atoms with Crippen LogP contribution in [0.15, 0.2) is 0 Å². The summed E-state index contributed by atoms with van der Waals surface area (Å²) in [4.78, 5) is 12.4. The number of hydrogen-bond acceptors (Lipinski definition) is 1. The predicted octanol–water partition coefficient (Wildman–Crippen LogP) is 2.71. The van der Waals surface area contributed by atoms with E-state index in [-0.39, 0.29) is 11.8 Å². The Morgan fingerprint density at radius 3 is 2.67 bits per heavy atom. The molecule has 2 saturated carbocycles. The number of hydrogen-bond donors (Lipinski definition) is 1. The first-order chi connectivity index (χ1) is 7.18. The molecular weight excluding hydrogens is 254 g/mol. The molecule has 15 heavy (non-hydrogen) atoms. The van der Waals surface area contributed by atoms with Crippen LogP contribution in [0.3, 0.4) is 0 Å². The number of carbonyl (C=O) groups is 1. The first kappa shape index (κ1) is 11.4. The van der Waals surface area contributed by atoms with E-state index in [1.54, 1.807) is 0 Å². The maximum absolute atomic E-state index is 11.8. The molecule has 1 N–H and O–H groups in total. The molecule has 0 aromatic heterocycles. The van der Waals surface area contributed by atoms with Crippen LogP contribution in [0, 0.1) is 17.8 Å². The largest absolute Gasteiger partial charge is 0.356 e. The van der Waals surface area contributed by atoms with Crippen LogP contribution in [0.2, 0.25) is 0 Å². The van der Waals surface area contributed by atoms with Crippen LogP contribution >= 0.6 is 15.9 Å². The first-order valence-electron chi connectivity index (χ1n) is 6.10. The molecular formula is C12H20BrNO. The monoisotopic (exact) mass is 273 g/mol. The molecule has 2 aliphatic rings. The van der Waals surface area contributed by atoms with Crippen molar-refractivity contribution in [2.75, 3.05) is 6.54 Å². The molecule has 2 rings (SSSR count). The van der Waals surface area contributed by atoms with Crippen LogP contribution in [-0.4, -0.2) is 17.3 Å². The third-order valence-corrected chi connectivity index (χ3v) is 5.05. The van der Waals surface area contributed by atoms with Gasteiger partial charge in [-0.25, -0.2) is 0 Å². The van der Waals surface area contributed by atoms with Gasteiger partial charge in [0.05, 0.1) is 0 Å². The second-order valence-electron chi connectivity index (χ2n) is 5.08. The summed E-state index contributed by atoms with van der Waals surface area (Å²) in [5.74, 6) is 1.83. The van der Waals surface area contributed by atoms with E-state index in [0.717, 1.165) is 6.54 Å². The molecule has 0 aliphatic heterocycles. The van der Waals surface area contributed by atoms with Gasteiger partial charge in [0, 0.05) is 17.3 Å². The maximum atomic E-state index is 11.8. The lowest BCUT2D eigenvalue weighted by atomic mass is 10.0. The highest BCUT2D eigenvalue weighted by Gasteiger charge is 2.33. The Hall–Kier alpha value is -0.0500. The van der Waals surface area contributed by atoms with E-state index >= 15 is 0 Å². The highest BCUT2D eigenvalue weighted by Crippen LogP contribution is 2.36. The van der Waals surface area contributed by atoms with Gasteiger partial charge in [0.2, 0.25) is 5.91 Å². The Bertz CT molecular complexity index is 240. The van der Waals surface area contributed by atoms with Gasteiger partial charge in [-0.15, -0.1) is 0 Å². The number of amides is 1. The Morgan fingerprint density at radius 1 is 1.40 bits per heavy atom. The molecule has 2 nitrogen and oxygen atoms in total. The van der Waals surface area contributed by atoms with E-state index in [4.69, 9.17) is 0 Å². The number of nitrogens with one attached hydrogen (secondary N) is 1. The highest BCUT2D eigenvalue weighted by molar-refractivity contribution is 9.09. The minimum Gasteiger partial charge on any atom is -0.356 e. The van der Waals surface area contributed by atoms with Gasteiger partial charge in [-0.2, -0.15) is 0 Å². The van der Waals surface area contributed by atoms with Crippen molar-refractivity contribution in [2.24, 2.45) is 17.8 Å². The van der Waals surface area contributed by atoms with Crippen LogP contribution in [0.25, 0.3) is 0 Å². The molecule has 0 heterocycles. The summed E-state index contributed by atoms with van der Waals surface area (Å²) in [6.45, 7) is 2.93. The summed E-state index contributed by atoms with van der Waals surface area (Å²) in [7, 11) is 0. The summed E-state index contributed by atoms with van der Waals surface area (Å²) in [5.41, 5.74) is 0. The van der Waals surface area contributed by atoms with Crippen molar-refractivity contribution in [1.29, 1.82) is 0 Å². The summed E-state index contributed by atoms with van der Waals surface area (Å²) in [6, 6.07) is 0. The molecule has 0 aromatic carbocycles. The van der Waals surface area contributed by atoms with E-state index in [1.807, 2.05) is 0 Å². The van der Waals surface area contributed by atoms with E-state index in [2.05, 4.69) is 28.2 Å². The maximum Gasteiger partial charge on any atom is 0.223 e. The molecule has 3 atom stereocenters. The van der Waals surface area contributed by atoms with Gasteiger partial charge in [-0.3, -0.25) is 4.79 Å². The van der Waals surface area contributed by atoms with E-state index in [1.165, 1.54) is 32.1 Å². The number of alkyl halides is 1. The van der Waals surface area contributed by atoms with Crippen molar-refractivity contribution in [1.82, 2.24) is 5.32 Å². The van der Waals surface area contributed by atoms with Gasteiger partial charge in [0.1, 0.15) is 0 Å². The quantitative estimate of drug-likeness (QED) is 0.785. The Balaban J connectivity index is 1.70. The highest BCUT2D eigenvalue weighted by atomic mass is 79.9. The van der Waals surface area contributed by atoms with Gasteiger partial charge in [-0.1, -0.05) is 29.3 Å². The average molecular weight is 274 g/mol. The molecule has 0 bridgehead atoms. The molecule has 2 aliphatic carbocycles. The molecule has 86 valence electrons. The number of rotatable bonds is 4. The fourth-order valence-corrected chi connectivity index (χ4v) is 3.20. The molecule has 0 spiro atoms. The lowest BCUT2D eigenvalue weighted by Crippen LogP contribution is -2.35. The van der Waals surface area contributed by atoms with Crippen molar-refractivity contribution in [2.45, 2.75) is 43.9 Å². The second-order valence-corrected chi connectivity index (χ2v) is 6.25. The molecule has 1 amide bonds. The summed E-state index contributed by atoms with van der Waals surface area (Å²) in [6.07, 6.45) is 6.32. The van der Waals surface area contributed by atoms with Gasteiger partial charge < -0.3 is 5.32 Å². The van der Waals surface area contributed by atoms with Crippen LogP contribution in [0.4, 0.5) is 0 Å². The number of carbonyl (C=O) groups excluding carboxylic acids is 1. The Morgan fingerprint density at radius 2 is 2.13 bits per heavy atom. The zero-order valence-electron chi connectivity index (χ0n) is 9.34. The average Bonchev–Trinajstić information content (AvgIpc) is 2.99. The molecule has 0 radical (unpaired) electrons. The lowest BCUT2D eigenvalue weighted by Gasteiger charge is -2.17. The normalized spacial score (nSPS) is 32.7. The van der Waals surface area contributed by atoms with E-state index in [9.17, 15) is 4.79 Å². The van der Waals surface area contributed by atoms with Crippen molar-refractivity contribution >= 4 is 21.8 Å². The van der Waals surface area contributed by atoms with E-state index < -0.39 is 0 Å². The summed E-state index contributed by atoms with van der Waals surface area (Å²) in [5, 5.41) is 3.11. The molecule has 3 heteroatoms. The van der Waals surface area contributed by atoms with Gasteiger partial charge >= 0.3 is 0 Å². The molecule has 0 aromatic rings. The van der Waals surface area contributed by atoms with Gasteiger partial charge in [-0.05, 0) is 37.5 Å². The summed E-state index contributed by atoms with van der Waals surface area (Å²) >= 11 is 3.68. The lowest BCUT2D eigenvalue weighted by molar-refractivity contribution is -0.125. The second kappa shape index (κ2) is 4.86. The fourth-order valence-electron chi connectivity index (χ4n) is 2.42. The van der Waals surface area contributed by atoms with Gasteiger partial charge in [0.15, 0.2) is 0 Å². The third kappa shape index (κ3) is 2.96. The summed E-state index contributed by atoms with van der Waals surface area (Å²) < 4.78 is 0. The first-order valence-corrected chi connectivity index (χ1v) is 7.02. The van der Waals surface area contributed by atoms with Crippen LogP contribution in [0.1, 0.15) is 39.0 Å². The van der Waals surface area contributed by atoms with Crippen LogP contribution in [-0.2, 0) is 4.79 Å². The Kier molecular flexibility index (Phi) is 3.70. The van der Waals surface area contributed by atoms with Crippen molar-refractivity contribution in [3.8, 4) is 0 Å². The third-order valence-electron chi connectivity index (χ3n) is 3.85. The Labute approximate surface area is 100 Å². The zero-order valence-corrected chi connectivity index (χ0v) is 10.9.